The van der Waals surface area contributed by atoms with Gasteiger partial charge in [-0.25, -0.2) is 0 Å². The summed E-state index contributed by atoms with van der Waals surface area (Å²) >= 11 is 0. The van der Waals surface area contributed by atoms with Crippen LogP contribution >= 0.6 is 0 Å². The van der Waals surface area contributed by atoms with E-state index >= 15 is 0 Å². The number of benzene rings is 2. The predicted octanol–water partition coefficient (Wildman–Crippen LogP) is 5.97. The number of rotatable bonds is 2. The van der Waals surface area contributed by atoms with Gasteiger partial charge in [0.2, 0.25) is 0 Å². The molecule has 0 aliphatic rings. The van der Waals surface area contributed by atoms with E-state index in [9.17, 15) is 10.2 Å². The molecule has 0 radical (unpaired) electrons. The fourth-order valence-corrected chi connectivity index (χ4v) is 3.65. The van der Waals surface area contributed by atoms with Gasteiger partial charge < -0.3 is 10.2 Å². The Morgan fingerprint density at radius 2 is 1.40 bits per heavy atom. The molecule has 5 nitrogen and oxygen atoms in total. The molecule has 190 valence electrons. The Hall–Kier alpha value is -2.72. The summed E-state index contributed by atoms with van der Waals surface area (Å²) in [5, 5.41) is 23.4. The van der Waals surface area contributed by atoms with Gasteiger partial charge in [-0.3, -0.25) is 15.0 Å². The van der Waals surface area contributed by atoms with E-state index in [1.807, 2.05) is 54.5 Å². The molecule has 0 saturated carbocycles. The molecule has 0 atom stereocenters. The molecule has 0 aliphatic carbocycles. The second-order valence-corrected chi connectivity index (χ2v) is 10.9. The van der Waals surface area contributed by atoms with Gasteiger partial charge in [-0.2, -0.15) is 0 Å². The molecule has 3 aromatic rings. The summed E-state index contributed by atoms with van der Waals surface area (Å²) in [6.07, 6.45) is 5.08. The first-order chi connectivity index (χ1) is 15.6. The predicted molar refractivity (Wildman–Crippen MR) is 137 cm³/mol. The Balaban J connectivity index is 0.000000343. The summed E-state index contributed by atoms with van der Waals surface area (Å²) in [5.74, 6) is -0.752. The van der Waals surface area contributed by atoms with Crippen molar-refractivity contribution in [3.8, 4) is 11.5 Å². The quantitative estimate of drug-likeness (QED) is 0.309. The van der Waals surface area contributed by atoms with E-state index in [2.05, 4.69) is 47.9 Å². The molecule has 2 aromatic carbocycles. The number of aryl methyl sites for hydroxylation is 3. The maximum atomic E-state index is 11.8. The van der Waals surface area contributed by atoms with Crippen molar-refractivity contribution < 1.29 is 26.7 Å². The van der Waals surface area contributed by atoms with E-state index in [4.69, 9.17) is 0 Å². The maximum absolute atomic E-state index is 11.8. The molecule has 3 rings (SSSR count). The number of nitrogens with zero attached hydrogens (tertiary/aromatic N) is 3. The smallest absolute Gasteiger partial charge is 0.873 e. The summed E-state index contributed by atoms with van der Waals surface area (Å²) in [4.78, 5) is 13.0. The topological polar surface area (TPSA) is 84.3 Å². The van der Waals surface area contributed by atoms with Gasteiger partial charge in [0.1, 0.15) is 5.69 Å². The Labute approximate surface area is 220 Å². The molecule has 35 heavy (non-hydrogen) atoms. The average Bonchev–Trinajstić information content (AvgIpc) is 2.72. The van der Waals surface area contributed by atoms with Crippen molar-refractivity contribution in [2.45, 2.75) is 80.1 Å². The van der Waals surface area contributed by atoms with Gasteiger partial charge in [0.25, 0.3) is 0 Å². The molecule has 0 saturated heterocycles. The maximum Gasteiger partial charge on any atom is 2.00 e. The first-order valence-electron chi connectivity index (χ1n) is 11.5. The van der Waals surface area contributed by atoms with Gasteiger partial charge in [0.05, 0.1) is 17.6 Å². The van der Waals surface area contributed by atoms with Crippen LogP contribution in [-0.4, -0.2) is 15.7 Å². The summed E-state index contributed by atoms with van der Waals surface area (Å²) in [7, 11) is 0. The van der Waals surface area contributed by atoms with E-state index in [0.29, 0.717) is 5.56 Å². The van der Waals surface area contributed by atoms with Gasteiger partial charge in [-0.05, 0) is 55.2 Å². The summed E-state index contributed by atoms with van der Waals surface area (Å²) in [6.45, 7) is 20.2. The van der Waals surface area contributed by atoms with Crippen LogP contribution < -0.4 is 10.2 Å². The van der Waals surface area contributed by atoms with Gasteiger partial charge >= 0.3 is 16.5 Å². The fourth-order valence-electron chi connectivity index (χ4n) is 3.65. The van der Waals surface area contributed by atoms with Crippen LogP contribution in [0, 0.1) is 20.8 Å². The Morgan fingerprint density at radius 3 is 1.86 bits per heavy atom. The van der Waals surface area contributed by atoms with Crippen LogP contribution in [0.5, 0.6) is 11.5 Å². The van der Waals surface area contributed by atoms with Crippen LogP contribution in [-0.2, 0) is 27.3 Å². The van der Waals surface area contributed by atoms with E-state index in [1.54, 1.807) is 18.6 Å². The molecule has 0 spiro atoms. The van der Waals surface area contributed by atoms with Crippen molar-refractivity contribution in [3.63, 3.8) is 0 Å². The molecular formula is C29H37N3NiO2. The molecule has 0 amide bonds. The van der Waals surface area contributed by atoms with Crippen LogP contribution in [0.3, 0.4) is 0 Å². The van der Waals surface area contributed by atoms with Crippen LogP contribution in [0.4, 0.5) is 5.69 Å². The molecule has 0 fully saturated rings. The van der Waals surface area contributed by atoms with Crippen LogP contribution in [0.15, 0.2) is 47.8 Å². The van der Waals surface area contributed by atoms with Crippen molar-refractivity contribution in [3.05, 3.63) is 76.4 Å². The van der Waals surface area contributed by atoms with Crippen molar-refractivity contribution in [2.24, 2.45) is 4.99 Å². The second-order valence-electron chi connectivity index (χ2n) is 10.9. The van der Waals surface area contributed by atoms with Crippen LogP contribution in [0.2, 0.25) is 0 Å². The van der Waals surface area contributed by atoms with Crippen molar-refractivity contribution >= 4 is 11.4 Å². The molecule has 0 bridgehead atoms. The monoisotopic (exact) mass is 517 g/mol. The molecule has 1 heterocycles. The fraction of sp³-hybridized carbons (Fsp3) is 0.414. The number of aromatic nitrogens is 2. The van der Waals surface area contributed by atoms with Gasteiger partial charge in [0.15, 0.2) is 0 Å². The molecular weight excluding hydrogens is 481 g/mol. The van der Waals surface area contributed by atoms with E-state index in [1.165, 1.54) is 22.8 Å². The second kappa shape index (κ2) is 11.8. The minimum Gasteiger partial charge on any atom is -0.873 e. The number of aliphatic imine (C=N–C) groups is 1. The Morgan fingerprint density at radius 1 is 0.829 bits per heavy atom. The molecule has 0 N–H and O–H groups in total. The Bertz CT molecular complexity index is 1150. The molecule has 0 aliphatic heterocycles. The van der Waals surface area contributed by atoms with Gasteiger partial charge in [-0.1, -0.05) is 76.9 Å². The van der Waals surface area contributed by atoms with Gasteiger partial charge in [0, 0.05) is 12.4 Å². The van der Waals surface area contributed by atoms with Crippen LogP contribution in [0.25, 0.3) is 0 Å². The first-order valence-corrected chi connectivity index (χ1v) is 11.5. The van der Waals surface area contributed by atoms with Crippen molar-refractivity contribution in [1.82, 2.24) is 9.97 Å². The normalized spacial score (nSPS) is 11.9. The zero-order chi connectivity index (χ0) is 25.8. The first kappa shape index (κ1) is 30.3. The zero-order valence-corrected chi connectivity index (χ0v) is 23.5. The van der Waals surface area contributed by atoms with Crippen LogP contribution in [0.1, 0.15) is 82.0 Å². The largest absolute Gasteiger partial charge is 2.00 e. The third-order valence-corrected chi connectivity index (χ3v) is 5.58. The summed E-state index contributed by atoms with van der Waals surface area (Å²) < 4.78 is 0. The van der Waals surface area contributed by atoms with E-state index < -0.39 is 5.75 Å². The zero-order valence-electron chi connectivity index (χ0n) is 22.5. The molecule has 1 aromatic heterocycles. The standard InChI is InChI=1S/C15H17N3.C14H22O2.Ni/c1-10-7-11(2)15(12(3)8-10)18-13(4)14-9-16-5-6-17-14;1-13(2,3)9-7-10(14(4,5)6)12(16)11(15)8-9;/h5-9H,1-4H3;7-8,15-16H,1-6H3;/q;;+2/p-2. The van der Waals surface area contributed by atoms with Crippen molar-refractivity contribution in [1.29, 1.82) is 0 Å². The molecule has 6 heteroatoms. The summed E-state index contributed by atoms with van der Waals surface area (Å²) in [5.41, 5.74) is 7.54. The third kappa shape index (κ3) is 8.18. The summed E-state index contributed by atoms with van der Waals surface area (Å²) in [6, 6.07) is 7.65. The van der Waals surface area contributed by atoms with E-state index in [-0.39, 0.29) is 33.1 Å². The van der Waals surface area contributed by atoms with Gasteiger partial charge in [-0.15, -0.1) is 11.5 Å². The third-order valence-electron chi connectivity index (χ3n) is 5.58. The SMILES string of the molecule is CC(=Nc1c(C)cc(C)cc1C)c1cnccn1.CC(C)(C)c1cc([O-])c([O-])c(C(C)(C)C)c1.[Ni+2]. The average molecular weight is 518 g/mol. The van der Waals surface area contributed by atoms with E-state index in [0.717, 1.165) is 22.7 Å². The number of hydrogen-bond donors (Lipinski definition) is 0. The molecule has 0 unspecified atom stereocenters. The number of hydrogen-bond acceptors (Lipinski definition) is 5. The van der Waals surface area contributed by atoms with Crippen molar-refractivity contribution in [2.75, 3.05) is 0 Å². The Kier molecular flexibility index (Phi) is 10.2. The minimum absolute atomic E-state index is 0. The minimum atomic E-state index is -0.391.